The van der Waals surface area contributed by atoms with E-state index >= 15 is 0 Å². The van der Waals surface area contributed by atoms with Crippen LogP contribution in [0.1, 0.15) is 33.9 Å². The van der Waals surface area contributed by atoms with Gasteiger partial charge >= 0.3 is 0 Å². The molecule has 4 nitrogen and oxygen atoms in total. The van der Waals surface area contributed by atoms with Crippen molar-refractivity contribution in [1.29, 1.82) is 0 Å². The smallest absolute Gasteiger partial charge is 0.163 e. The van der Waals surface area contributed by atoms with E-state index in [0.29, 0.717) is 5.82 Å². The Morgan fingerprint density at radius 2 is 0.935 bits per heavy atom. The molecule has 9 rings (SSSR count). The first kappa shape index (κ1) is 26.5. The number of ether oxygens (including phenoxy) is 1. The van der Waals surface area contributed by atoms with Gasteiger partial charge in [0.05, 0.1) is 5.41 Å². The molecule has 0 fully saturated rings. The van der Waals surface area contributed by atoms with Gasteiger partial charge in [0.2, 0.25) is 0 Å². The van der Waals surface area contributed by atoms with E-state index in [2.05, 4.69) is 154 Å². The number of hydrogen-bond donors (Lipinski definition) is 0. The maximum absolute atomic E-state index is 6.52. The van der Waals surface area contributed by atoms with Crippen LogP contribution >= 0.6 is 0 Å². The normalized spacial score (nSPS) is 13.3. The van der Waals surface area contributed by atoms with Crippen LogP contribution in [0, 0.1) is 13.8 Å². The minimum atomic E-state index is -0.486. The third-order valence-electron chi connectivity index (χ3n) is 9.36. The second-order valence-corrected chi connectivity index (χ2v) is 12.0. The molecular weight excluding hydrogens is 562 g/mol. The lowest BCUT2D eigenvalue weighted by molar-refractivity contribution is 0.436. The molecule has 1 aliphatic heterocycles. The number of aromatic nitrogens is 3. The monoisotopic (exact) mass is 591 g/mol. The molecule has 0 N–H and O–H groups in total. The number of nitrogens with zero attached hydrogens (tertiary/aromatic N) is 3. The Morgan fingerprint density at radius 3 is 1.63 bits per heavy atom. The van der Waals surface area contributed by atoms with E-state index in [-0.39, 0.29) is 0 Å². The first-order valence-corrected chi connectivity index (χ1v) is 15.6. The van der Waals surface area contributed by atoms with Crippen molar-refractivity contribution in [2.24, 2.45) is 0 Å². The zero-order valence-corrected chi connectivity index (χ0v) is 25.5. The van der Waals surface area contributed by atoms with E-state index in [9.17, 15) is 0 Å². The van der Waals surface area contributed by atoms with Gasteiger partial charge in [0, 0.05) is 16.7 Å². The quantitative estimate of drug-likeness (QED) is 0.205. The molecule has 0 amide bonds. The first-order chi connectivity index (χ1) is 22.6. The second kappa shape index (κ2) is 10.1. The minimum Gasteiger partial charge on any atom is -0.457 e. The SMILES string of the molecule is Cc1nc(C)nc(-c2cccc(-c3cccc(-c4cccc5c4-c4ccccc4C54c5ccccc5Oc5ccccc54)c3)c2)n1. The van der Waals surface area contributed by atoms with Gasteiger partial charge in [-0.2, -0.15) is 0 Å². The zero-order chi connectivity index (χ0) is 30.8. The topological polar surface area (TPSA) is 47.9 Å². The van der Waals surface area contributed by atoms with E-state index < -0.39 is 5.41 Å². The van der Waals surface area contributed by atoms with Gasteiger partial charge in [-0.25, -0.2) is 15.0 Å². The standard InChI is InChI=1S/C42H29N3O/c1-26-43-27(2)45-41(44-26)31-15-10-13-29(25-31)28-12-9-14-30(24-28)32-17-11-21-37-40(32)33-16-3-4-18-34(33)42(37)35-19-5-7-22-38(35)46-39-23-8-6-20-36(39)42/h3-25H,1-2H3. The van der Waals surface area contributed by atoms with Crippen LogP contribution in [0.3, 0.4) is 0 Å². The molecule has 1 aromatic heterocycles. The van der Waals surface area contributed by atoms with Crippen molar-refractivity contribution in [1.82, 2.24) is 15.0 Å². The highest BCUT2D eigenvalue weighted by Crippen LogP contribution is 2.63. The fourth-order valence-electron chi connectivity index (χ4n) is 7.59. The molecule has 1 spiro atoms. The van der Waals surface area contributed by atoms with Crippen LogP contribution in [-0.4, -0.2) is 15.0 Å². The van der Waals surface area contributed by atoms with Crippen molar-refractivity contribution in [3.05, 3.63) is 173 Å². The Morgan fingerprint density at radius 1 is 0.435 bits per heavy atom. The van der Waals surface area contributed by atoms with Crippen molar-refractivity contribution in [2.75, 3.05) is 0 Å². The Bertz CT molecular complexity index is 2270. The van der Waals surface area contributed by atoms with Crippen molar-refractivity contribution < 1.29 is 4.74 Å². The van der Waals surface area contributed by atoms with Gasteiger partial charge < -0.3 is 4.74 Å². The molecule has 2 heterocycles. The summed E-state index contributed by atoms with van der Waals surface area (Å²) in [6.07, 6.45) is 0. The number of rotatable bonds is 3. The second-order valence-electron chi connectivity index (χ2n) is 12.0. The highest BCUT2D eigenvalue weighted by atomic mass is 16.5. The summed E-state index contributed by atoms with van der Waals surface area (Å²) in [6.45, 7) is 3.81. The van der Waals surface area contributed by atoms with E-state index in [1.165, 1.54) is 44.5 Å². The van der Waals surface area contributed by atoms with Gasteiger partial charge in [0.25, 0.3) is 0 Å². The predicted molar refractivity (Wildman–Crippen MR) is 183 cm³/mol. The fraction of sp³-hybridized carbons (Fsp3) is 0.0714. The highest BCUT2D eigenvalue weighted by molar-refractivity contribution is 5.97. The molecular formula is C42H29N3O. The average Bonchev–Trinajstić information content (AvgIpc) is 3.39. The Hall–Kier alpha value is -5.87. The van der Waals surface area contributed by atoms with E-state index in [0.717, 1.165) is 39.8 Å². The molecule has 6 aromatic carbocycles. The lowest BCUT2D eigenvalue weighted by Crippen LogP contribution is -2.32. The molecule has 7 aromatic rings. The summed E-state index contributed by atoms with van der Waals surface area (Å²) in [5, 5.41) is 0. The number of para-hydroxylation sites is 2. The molecule has 1 aliphatic carbocycles. The molecule has 0 bridgehead atoms. The summed E-state index contributed by atoms with van der Waals surface area (Å²) in [7, 11) is 0. The fourth-order valence-corrected chi connectivity index (χ4v) is 7.59. The maximum Gasteiger partial charge on any atom is 0.163 e. The summed E-state index contributed by atoms with van der Waals surface area (Å²) < 4.78 is 6.52. The van der Waals surface area contributed by atoms with Crippen LogP contribution in [0.5, 0.6) is 11.5 Å². The number of fused-ring (bicyclic) bond motifs is 9. The van der Waals surface area contributed by atoms with E-state index in [4.69, 9.17) is 4.74 Å². The number of aryl methyl sites for hydroxylation is 2. The molecule has 0 unspecified atom stereocenters. The van der Waals surface area contributed by atoms with E-state index in [1.807, 2.05) is 13.8 Å². The summed E-state index contributed by atoms with van der Waals surface area (Å²) >= 11 is 0. The molecule has 0 atom stereocenters. The van der Waals surface area contributed by atoms with Crippen LogP contribution in [0.15, 0.2) is 140 Å². The maximum atomic E-state index is 6.52. The third kappa shape index (κ3) is 3.83. The molecule has 4 heteroatoms. The third-order valence-corrected chi connectivity index (χ3v) is 9.36. The molecule has 0 saturated carbocycles. The molecule has 218 valence electrons. The van der Waals surface area contributed by atoms with Gasteiger partial charge in [-0.3, -0.25) is 0 Å². The van der Waals surface area contributed by atoms with Crippen LogP contribution in [0.2, 0.25) is 0 Å². The van der Waals surface area contributed by atoms with Gasteiger partial charge in [-0.15, -0.1) is 0 Å². The molecule has 0 saturated heterocycles. The number of hydrogen-bond acceptors (Lipinski definition) is 4. The minimum absolute atomic E-state index is 0.486. The van der Waals surface area contributed by atoms with Crippen LogP contribution in [0.25, 0.3) is 44.8 Å². The predicted octanol–water partition coefficient (Wildman–Crippen LogP) is 9.96. The summed E-state index contributed by atoms with van der Waals surface area (Å²) in [4.78, 5) is 13.6. The van der Waals surface area contributed by atoms with Gasteiger partial charge in [-0.05, 0) is 82.6 Å². The van der Waals surface area contributed by atoms with Gasteiger partial charge in [0.1, 0.15) is 23.1 Å². The van der Waals surface area contributed by atoms with Crippen LogP contribution in [0.4, 0.5) is 0 Å². The van der Waals surface area contributed by atoms with Gasteiger partial charge in [0.15, 0.2) is 5.82 Å². The lowest BCUT2D eigenvalue weighted by atomic mass is 9.66. The molecule has 2 aliphatic rings. The van der Waals surface area contributed by atoms with Crippen LogP contribution < -0.4 is 4.74 Å². The zero-order valence-electron chi connectivity index (χ0n) is 25.5. The average molecular weight is 592 g/mol. The lowest BCUT2D eigenvalue weighted by Gasteiger charge is -2.39. The Balaban J connectivity index is 1.25. The van der Waals surface area contributed by atoms with Crippen molar-refractivity contribution in [3.63, 3.8) is 0 Å². The van der Waals surface area contributed by atoms with Crippen LogP contribution in [-0.2, 0) is 5.41 Å². The number of benzene rings is 6. The summed E-state index contributed by atoms with van der Waals surface area (Å²) in [5.41, 5.74) is 12.6. The van der Waals surface area contributed by atoms with Gasteiger partial charge in [-0.1, -0.05) is 115 Å². The van der Waals surface area contributed by atoms with Crippen molar-refractivity contribution in [2.45, 2.75) is 19.3 Å². The van der Waals surface area contributed by atoms with E-state index in [1.54, 1.807) is 0 Å². The molecule has 46 heavy (non-hydrogen) atoms. The highest BCUT2D eigenvalue weighted by Gasteiger charge is 2.51. The largest absolute Gasteiger partial charge is 0.457 e. The molecule has 0 radical (unpaired) electrons. The summed E-state index contributed by atoms with van der Waals surface area (Å²) in [5.74, 6) is 3.95. The summed E-state index contributed by atoms with van der Waals surface area (Å²) in [6, 6.07) is 50.0. The van der Waals surface area contributed by atoms with Crippen molar-refractivity contribution >= 4 is 0 Å². The Kier molecular flexibility index (Phi) is 5.81. The first-order valence-electron chi connectivity index (χ1n) is 15.6. The Labute approximate surface area is 268 Å². The van der Waals surface area contributed by atoms with Crippen molar-refractivity contribution in [3.8, 4) is 56.3 Å².